The molecule has 1 N–H and O–H groups in total. The smallest absolute Gasteiger partial charge is 0.477 e. The molecule has 0 amide bonds. The van der Waals surface area contributed by atoms with E-state index in [4.69, 9.17) is 5.11 Å². The Morgan fingerprint density at radius 3 is 1.52 bits per heavy atom. The van der Waals surface area contributed by atoms with E-state index in [-0.39, 0.29) is 0 Å². The lowest BCUT2D eigenvalue weighted by atomic mass is 10.3. The molecular formula is C7H2F12O4. The number of ether oxygens (including phenoxy) is 2. The molecule has 1 unspecified atom stereocenters. The monoisotopic (exact) mass is 380 g/mol. The maximum absolute atomic E-state index is 12.7. The van der Waals surface area contributed by atoms with Crippen molar-refractivity contribution in [2.45, 2.75) is 36.8 Å². The van der Waals surface area contributed by atoms with E-state index >= 15 is 0 Å². The molecule has 0 fully saturated rings. The van der Waals surface area contributed by atoms with Gasteiger partial charge in [0.25, 0.3) is 6.36 Å². The van der Waals surface area contributed by atoms with Gasteiger partial charge in [0.05, 0.1) is 0 Å². The van der Waals surface area contributed by atoms with Crippen molar-refractivity contribution >= 4 is 5.97 Å². The number of hydrogen-bond acceptors (Lipinski definition) is 3. The second kappa shape index (κ2) is 5.88. The zero-order chi connectivity index (χ0) is 19.1. The summed E-state index contributed by atoms with van der Waals surface area (Å²) in [6.07, 6.45) is -25.8. The Balaban J connectivity index is 5.51. The number of rotatable bonds is 7. The zero-order valence-corrected chi connectivity index (χ0v) is 9.78. The summed E-state index contributed by atoms with van der Waals surface area (Å²) in [7, 11) is 0. The quantitative estimate of drug-likeness (QED) is 0.689. The lowest BCUT2D eigenvalue weighted by Gasteiger charge is -2.32. The molecule has 138 valence electrons. The number of carboxylic acid groups (broad SMARTS) is 1. The van der Waals surface area contributed by atoms with E-state index in [9.17, 15) is 57.5 Å². The first-order valence-electron chi connectivity index (χ1n) is 4.61. The van der Waals surface area contributed by atoms with Crippen molar-refractivity contribution in [1.82, 2.24) is 0 Å². The minimum absolute atomic E-state index is 1.42. The highest BCUT2D eigenvalue weighted by atomic mass is 19.4. The Labute approximate surface area is 116 Å². The SMILES string of the molecule is O=[14C](O)C(F)(F)C(F)OC(F)(F)C(F)(F)C(F)(F)OC(F)(F)F. The van der Waals surface area contributed by atoms with E-state index in [2.05, 4.69) is 0 Å². The minimum Gasteiger partial charge on any atom is -0.477 e. The average molecular weight is 380 g/mol. The van der Waals surface area contributed by atoms with Crippen LogP contribution in [-0.2, 0) is 14.3 Å². The Hall–Kier alpha value is -1.45. The molecule has 23 heavy (non-hydrogen) atoms. The van der Waals surface area contributed by atoms with E-state index in [1.54, 1.807) is 0 Å². The van der Waals surface area contributed by atoms with Crippen molar-refractivity contribution in [3.05, 3.63) is 0 Å². The summed E-state index contributed by atoms with van der Waals surface area (Å²) in [6.45, 7) is 0. The Morgan fingerprint density at radius 1 is 0.826 bits per heavy atom. The fourth-order valence-electron chi connectivity index (χ4n) is 0.754. The van der Waals surface area contributed by atoms with Crippen LogP contribution in [0.2, 0.25) is 0 Å². The van der Waals surface area contributed by atoms with Crippen LogP contribution in [0.25, 0.3) is 0 Å². The third-order valence-electron chi connectivity index (χ3n) is 1.80. The van der Waals surface area contributed by atoms with E-state index in [0.717, 1.165) is 0 Å². The lowest BCUT2D eigenvalue weighted by molar-refractivity contribution is -0.514. The Morgan fingerprint density at radius 2 is 1.22 bits per heavy atom. The Kier molecular flexibility index (Phi) is 5.51. The van der Waals surface area contributed by atoms with Gasteiger partial charge in [0.1, 0.15) is 0 Å². The topological polar surface area (TPSA) is 55.8 Å². The van der Waals surface area contributed by atoms with Gasteiger partial charge in [0.15, 0.2) is 0 Å². The Bertz CT molecular complexity index is 443. The van der Waals surface area contributed by atoms with Crippen LogP contribution in [0.1, 0.15) is 0 Å². The van der Waals surface area contributed by atoms with Crippen LogP contribution in [0, 0.1) is 0 Å². The number of carboxylic acids is 1. The van der Waals surface area contributed by atoms with Gasteiger partial charge in [-0.2, -0.15) is 35.1 Å². The molecule has 0 saturated heterocycles. The molecule has 0 heterocycles. The summed E-state index contributed by atoms with van der Waals surface area (Å²) in [5.74, 6) is -16.7. The normalized spacial score (nSPS) is 16.3. The molecule has 0 aromatic heterocycles. The van der Waals surface area contributed by atoms with Crippen LogP contribution in [0.4, 0.5) is 52.7 Å². The van der Waals surface area contributed by atoms with Crippen LogP contribution >= 0.6 is 0 Å². The molecule has 0 spiro atoms. The van der Waals surface area contributed by atoms with Gasteiger partial charge in [-0.1, -0.05) is 0 Å². The van der Waals surface area contributed by atoms with Gasteiger partial charge in [-0.15, -0.1) is 13.2 Å². The summed E-state index contributed by atoms with van der Waals surface area (Å²) in [5, 5.41) is 7.70. The predicted octanol–water partition coefficient (Wildman–Crippen LogP) is 3.38. The first-order chi connectivity index (χ1) is 9.78. The third kappa shape index (κ3) is 4.52. The van der Waals surface area contributed by atoms with E-state index in [1.165, 1.54) is 4.74 Å². The summed E-state index contributed by atoms with van der Waals surface area (Å²) in [4.78, 5) is 9.76. The minimum atomic E-state index is -7.31. The van der Waals surface area contributed by atoms with Gasteiger partial charge in [-0.3, -0.25) is 4.74 Å². The third-order valence-corrected chi connectivity index (χ3v) is 1.80. The maximum atomic E-state index is 12.7. The van der Waals surface area contributed by atoms with Gasteiger partial charge in [-0.25, -0.2) is 13.9 Å². The van der Waals surface area contributed by atoms with Crippen molar-refractivity contribution in [2.24, 2.45) is 0 Å². The highest BCUT2D eigenvalue weighted by Gasteiger charge is 2.78. The average Bonchev–Trinajstić information content (AvgIpc) is 2.23. The summed E-state index contributed by atoms with van der Waals surface area (Å²) < 4.78 is 150. The lowest BCUT2D eigenvalue weighted by Crippen LogP contribution is -2.60. The summed E-state index contributed by atoms with van der Waals surface area (Å²) >= 11 is 0. The number of hydrogen-bond donors (Lipinski definition) is 1. The molecule has 0 aliphatic rings. The molecule has 0 radical (unpaired) electrons. The van der Waals surface area contributed by atoms with Crippen LogP contribution in [0.5, 0.6) is 0 Å². The van der Waals surface area contributed by atoms with Crippen molar-refractivity contribution in [3.63, 3.8) is 0 Å². The largest absolute Gasteiger partial charge is 0.527 e. The molecular weight excluding hydrogens is 378 g/mol. The fourth-order valence-corrected chi connectivity index (χ4v) is 0.754. The van der Waals surface area contributed by atoms with Gasteiger partial charge in [-0.05, 0) is 0 Å². The molecule has 0 rings (SSSR count). The van der Waals surface area contributed by atoms with Gasteiger partial charge < -0.3 is 5.11 Å². The standard InChI is InChI=1S/C7H2F12O4/c8-1(3(9,10)2(20)21)22-5(13,14)4(11,12)6(15,16)23-7(17,18)19/h1H,(H,20,21)/i2+2. The van der Waals surface area contributed by atoms with Gasteiger partial charge in [0.2, 0.25) is 0 Å². The molecule has 0 bridgehead atoms. The molecule has 0 aromatic rings. The second-order valence-corrected chi connectivity index (χ2v) is 3.52. The van der Waals surface area contributed by atoms with Gasteiger partial charge in [0, 0.05) is 0 Å². The molecule has 0 aromatic carbocycles. The van der Waals surface area contributed by atoms with Crippen molar-refractivity contribution in [1.29, 1.82) is 0 Å². The number of halogens is 12. The van der Waals surface area contributed by atoms with Crippen LogP contribution in [0.15, 0.2) is 0 Å². The number of aliphatic carboxylic acids is 1. The van der Waals surface area contributed by atoms with Crippen molar-refractivity contribution < 1.29 is 72.1 Å². The van der Waals surface area contributed by atoms with Crippen LogP contribution in [-0.4, -0.2) is 47.9 Å². The first-order valence-corrected chi connectivity index (χ1v) is 4.61. The highest BCUT2D eigenvalue weighted by Crippen LogP contribution is 2.50. The van der Waals surface area contributed by atoms with Crippen LogP contribution < -0.4 is 0 Å². The second-order valence-electron chi connectivity index (χ2n) is 3.52. The summed E-state index contributed by atoms with van der Waals surface area (Å²) in [5.41, 5.74) is 0. The van der Waals surface area contributed by atoms with Crippen molar-refractivity contribution in [2.75, 3.05) is 0 Å². The fraction of sp³-hybridized carbons (Fsp3) is 0.857. The zero-order valence-electron chi connectivity index (χ0n) is 9.78. The number of carbonyl (C=O) groups is 1. The first kappa shape index (κ1) is 21.6. The van der Waals surface area contributed by atoms with E-state index < -0.39 is 42.8 Å². The molecule has 1 atom stereocenters. The van der Waals surface area contributed by atoms with Crippen LogP contribution in [0.3, 0.4) is 0 Å². The number of alkyl halides is 12. The molecule has 0 aliphatic carbocycles. The highest BCUT2D eigenvalue weighted by molar-refractivity contribution is 5.75. The van der Waals surface area contributed by atoms with E-state index in [0.29, 0.717) is 0 Å². The van der Waals surface area contributed by atoms with Gasteiger partial charge >= 0.3 is 36.4 Å². The summed E-state index contributed by atoms with van der Waals surface area (Å²) in [6, 6.07) is 0. The maximum Gasteiger partial charge on any atom is 0.527 e. The van der Waals surface area contributed by atoms with E-state index in [1.807, 2.05) is 4.74 Å². The molecule has 0 aliphatic heterocycles. The predicted molar refractivity (Wildman–Crippen MR) is 40.5 cm³/mol. The van der Waals surface area contributed by atoms with Crippen molar-refractivity contribution in [3.8, 4) is 0 Å². The molecule has 0 saturated carbocycles. The molecule has 16 heteroatoms. The molecule has 4 nitrogen and oxygen atoms in total.